The summed E-state index contributed by atoms with van der Waals surface area (Å²) in [7, 11) is 0. The second-order valence-electron chi connectivity index (χ2n) is 6.83. The predicted molar refractivity (Wildman–Crippen MR) is 100.0 cm³/mol. The van der Waals surface area contributed by atoms with Crippen LogP contribution in [-0.4, -0.2) is 61.0 Å². The fourth-order valence-electron chi connectivity index (χ4n) is 3.56. The third-order valence-electron chi connectivity index (χ3n) is 4.88. The van der Waals surface area contributed by atoms with Gasteiger partial charge >= 0.3 is 6.03 Å². The van der Waals surface area contributed by atoms with Crippen molar-refractivity contribution >= 4 is 23.3 Å². The van der Waals surface area contributed by atoms with Crippen molar-refractivity contribution in [1.82, 2.24) is 9.80 Å². The molecule has 0 aromatic heterocycles. The SMILES string of the molecule is CCCN1CCCN(C(=O)Nc2cccc(N3CCCC3)c2)CC1=O. The average molecular weight is 344 g/mol. The largest absolute Gasteiger partial charge is 0.371 e. The molecule has 2 aliphatic rings. The normalized spacial score (nSPS) is 18.4. The summed E-state index contributed by atoms with van der Waals surface area (Å²) >= 11 is 0. The fraction of sp³-hybridized carbons (Fsp3) is 0.579. The lowest BCUT2D eigenvalue weighted by Gasteiger charge is -2.22. The molecule has 0 saturated carbocycles. The molecule has 6 heteroatoms. The first-order valence-corrected chi connectivity index (χ1v) is 9.36. The number of anilines is 2. The Morgan fingerprint density at radius 1 is 1.12 bits per heavy atom. The van der Waals surface area contributed by atoms with Gasteiger partial charge in [0.1, 0.15) is 6.54 Å². The Morgan fingerprint density at radius 3 is 2.68 bits per heavy atom. The van der Waals surface area contributed by atoms with Crippen molar-refractivity contribution < 1.29 is 9.59 Å². The molecule has 0 atom stereocenters. The summed E-state index contributed by atoms with van der Waals surface area (Å²) in [6, 6.07) is 7.79. The van der Waals surface area contributed by atoms with E-state index in [1.54, 1.807) is 4.90 Å². The summed E-state index contributed by atoms with van der Waals surface area (Å²) in [4.78, 5) is 30.7. The lowest BCUT2D eigenvalue weighted by atomic mass is 10.2. The van der Waals surface area contributed by atoms with Crippen molar-refractivity contribution in [3.63, 3.8) is 0 Å². The highest BCUT2D eigenvalue weighted by Crippen LogP contribution is 2.23. The molecule has 0 radical (unpaired) electrons. The lowest BCUT2D eigenvalue weighted by Crippen LogP contribution is -2.41. The molecule has 0 aliphatic carbocycles. The van der Waals surface area contributed by atoms with E-state index >= 15 is 0 Å². The summed E-state index contributed by atoms with van der Waals surface area (Å²) in [5, 5.41) is 2.96. The van der Waals surface area contributed by atoms with Gasteiger partial charge in [-0.3, -0.25) is 4.79 Å². The van der Waals surface area contributed by atoms with Crippen molar-refractivity contribution in [1.29, 1.82) is 0 Å². The van der Waals surface area contributed by atoms with Crippen LogP contribution in [0.15, 0.2) is 24.3 Å². The summed E-state index contributed by atoms with van der Waals surface area (Å²) in [6.07, 6.45) is 4.22. The minimum absolute atomic E-state index is 0.0420. The van der Waals surface area contributed by atoms with Gasteiger partial charge in [0.25, 0.3) is 0 Å². The van der Waals surface area contributed by atoms with Gasteiger partial charge in [0, 0.05) is 44.1 Å². The maximum absolute atomic E-state index is 12.6. The first kappa shape index (κ1) is 17.6. The number of carbonyl (C=O) groups excluding carboxylic acids is 2. The molecule has 0 bridgehead atoms. The Bertz CT molecular complexity index is 613. The van der Waals surface area contributed by atoms with Crippen LogP contribution in [0, 0.1) is 0 Å². The molecule has 2 aliphatic heterocycles. The maximum atomic E-state index is 12.6. The number of hydrogen-bond acceptors (Lipinski definition) is 3. The first-order chi connectivity index (χ1) is 12.2. The molecule has 2 saturated heterocycles. The summed E-state index contributed by atoms with van der Waals surface area (Å²) < 4.78 is 0. The molecule has 0 unspecified atom stereocenters. The fourth-order valence-corrected chi connectivity index (χ4v) is 3.56. The molecule has 3 amide bonds. The van der Waals surface area contributed by atoms with Gasteiger partial charge in [-0.05, 0) is 43.9 Å². The number of amides is 3. The van der Waals surface area contributed by atoms with E-state index in [1.165, 1.54) is 12.8 Å². The topological polar surface area (TPSA) is 55.9 Å². The van der Waals surface area contributed by atoms with E-state index in [0.29, 0.717) is 6.54 Å². The van der Waals surface area contributed by atoms with E-state index in [-0.39, 0.29) is 18.5 Å². The number of nitrogens with one attached hydrogen (secondary N) is 1. The van der Waals surface area contributed by atoms with Crippen LogP contribution in [0.5, 0.6) is 0 Å². The summed E-state index contributed by atoms with van der Waals surface area (Å²) in [6.45, 7) is 6.50. The van der Waals surface area contributed by atoms with E-state index in [9.17, 15) is 9.59 Å². The number of carbonyl (C=O) groups is 2. The molecule has 3 rings (SSSR count). The third kappa shape index (κ3) is 4.44. The quantitative estimate of drug-likeness (QED) is 0.914. The zero-order chi connectivity index (χ0) is 17.6. The van der Waals surface area contributed by atoms with E-state index in [2.05, 4.69) is 23.2 Å². The number of nitrogens with zero attached hydrogens (tertiary/aromatic N) is 3. The van der Waals surface area contributed by atoms with Crippen molar-refractivity contribution in [3.05, 3.63) is 24.3 Å². The van der Waals surface area contributed by atoms with Crippen LogP contribution >= 0.6 is 0 Å². The van der Waals surface area contributed by atoms with E-state index in [1.807, 2.05) is 23.1 Å². The molecular formula is C19H28N4O2. The maximum Gasteiger partial charge on any atom is 0.322 e. The highest BCUT2D eigenvalue weighted by molar-refractivity contribution is 5.93. The molecular weight excluding hydrogens is 316 g/mol. The second kappa shape index (κ2) is 8.23. The van der Waals surface area contributed by atoms with Crippen molar-refractivity contribution in [2.24, 2.45) is 0 Å². The highest BCUT2D eigenvalue weighted by Gasteiger charge is 2.24. The van der Waals surface area contributed by atoms with Crippen LogP contribution in [0.1, 0.15) is 32.6 Å². The van der Waals surface area contributed by atoms with Crippen LogP contribution in [0.4, 0.5) is 16.2 Å². The highest BCUT2D eigenvalue weighted by atomic mass is 16.2. The van der Waals surface area contributed by atoms with Crippen LogP contribution in [0.25, 0.3) is 0 Å². The molecule has 25 heavy (non-hydrogen) atoms. The van der Waals surface area contributed by atoms with Gasteiger partial charge in [-0.25, -0.2) is 4.79 Å². The molecule has 2 fully saturated rings. The third-order valence-corrected chi connectivity index (χ3v) is 4.88. The van der Waals surface area contributed by atoms with Gasteiger partial charge in [0.2, 0.25) is 5.91 Å². The van der Waals surface area contributed by atoms with Gasteiger partial charge in [-0.15, -0.1) is 0 Å². The zero-order valence-corrected chi connectivity index (χ0v) is 15.0. The van der Waals surface area contributed by atoms with Crippen molar-refractivity contribution in [3.8, 4) is 0 Å². The molecule has 0 spiro atoms. The van der Waals surface area contributed by atoms with Gasteiger partial charge in [-0.2, -0.15) is 0 Å². The Hall–Kier alpha value is -2.24. The molecule has 6 nitrogen and oxygen atoms in total. The standard InChI is InChI=1S/C19H28N4O2/c1-2-9-22-12-6-13-23(15-18(22)24)19(25)20-16-7-5-8-17(14-16)21-10-3-4-11-21/h5,7-8,14H,2-4,6,9-13,15H2,1H3,(H,20,25). The first-order valence-electron chi connectivity index (χ1n) is 9.36. The minimum Gasteiger partial charge on any atom is -0.371 e. The Morgan fingerprint density at radius 2 is 1.92 bits per heavy atom. The average Bonchev–Trinajstić information content (AvgIpc) is 3.08. The van der Waals surface area contributed by atoms with Gasteiger partial charge < -0.3 is 20.0 Å². The van der Waals surface area contributed by atoms with Crippen LogP contribution in [0.3, 0.4) is 0 Å². The summed E-state index contributed by atoms with van der Waals surface area (Å²) in [5.74, 6) is 0.0420. The number of rotatable bonds is 4. The molecule has 1 aromatic carbocycles. The Kier molecular flexibility index (Phi) is 5.79. The lowest BCUT2D eigenvalue weighted by molar-refractivity contribution is -0.130. The molecule has 1 aromatic rings. The van der Waals surface area contributed by atoms with Gasteiger partial charge in [0.05, 0.1) is 0 Å². The Labute approximate surface area is 149 Å². The summed E-state index contributed by atoms with van der Waals surface area (Å²) in [5.41, 5.74) is 1.94. The number of benzene rings is 1. The smallest absolute Gasteiger partial charge is 0.322 e. The molecule has 136 valence electrons. The Balaban J connectivity index is 1.62. The predicted octanol–water partition coefficient (Wildman–Crippen LogP) is 2.76. The number of hydrogen-bond donors (Lipinski definition) is 1. The monoisotopic (exact) mass is 344 g/mol. The van der Waals surface area contributed by atoms with Gasteiger partial charge in [0.15, 0.2) is 0 Å². The van der Waals surface area contributed by atoms with Crippen LogP contribution in [-0.2, 0) is 4.79 Å². The van der Waals surface area contributed by atoms with E-state index in [4.69, 9.17) is 0 Å². The van der Waals surface area contributed by atoms with Crippen LogP contribution < -0.4 is 10.2 Å². The van der Waals surface area contributed by atoms with E-state index < -0.39 is 0 Å². The number of urea groups is 1. The van der Waals surface area contributed by atoms with Crippen LogP contribution in [0.2, 0.25) is 0 Å². The van der Waals surface area contributed by atoms with E-state index in [0.717, 1.165) is 50.4 Å². The van der Waals surface area contributed by atoms with Crippen molar-refractivity contribution in [2.45, 2.75) is 32.6 Å². The molecule has 2 heterocycles. The van der Waals surface area contributed by atoms with Crippen molar-refractivity contribution in [2.75, 3.05) is 49.5 Å². The molecule has 1 N–H and O–H groups in total. The second-order valence-corrected chi connectivity index (χ2v) is 6.83. The van der Waals surface area contributed by atoms with Gasteiger partial charge in [-0.1, -0.05) is 13.0 Å². The zero-order valence-electron chi connectivity index (χ0n) is 15.0. The minimum atomic E-state index is -0.190.